The number of amides is 1. The Morgan fingerprint density at radius 1 is 1.14 bits per heavy atom. The normalized spacial score (nSPS) is 11.8. The van der Waals surface area contributed by atoms with Crippen molar-refractivity contribution in [3.63, 3.8) is 0 Å². The predicted octanol–water partition coefficient (Wildman–Crippen LogP) is 4.29. The van der Waals surface area contributed by atoms with Crippen LogP contribution in [0.25, 0.3) is 0 Å². The van der Waals surface area contributed by atoms with Gasteiger partial charge in [-0.25, -0.2) is 0 Å². The summed E-state index contributed by atoms with van der Waals surface area (Å²) in [6, 6.07) is 14.9. The Morgan fingerprint density at radius 3 is 2.41 bits per heavy atom. The topological polar surface area (TPSA) is 38.3 Å². The molecule has 0 aliphatic heterocycles. The minimum absolute atomic E-state index is 0.0712. The number of ether oxygens (including phenoxy) is 1. The van der Waals surface area contributed by atoms with Crippen LogP contribution in [0.2, 0.25) is 10.0 Å². The highest BCUT2D eigenvalue weighted by atomic mass is 35.5. The highest BCUT2D eigenvalue weighted by molar-refractivity contribution is 6.34. The average molecular weight is 338 g/mol. The molecule has 0 unspecified atom stereocenters. The van der Waals surface area contributed by atoms with E-state index in [1.165, 1.54) is 5.56 Å². The van der Waals surface area contributed by atoms with Crippen LogP contribution in [0.4, 0.5) is 0 Å². The van der Waals surface area contributed by atoms with Gasteiger partial charge in [0.25, 0.3) is 5.91 Å². The zero-order valence-electron chi connectivity index (χ0n) is 12.2. The van der Waals surface area contributed by atoms with Gasteiger partial charge in [-0.1, -0.05) is 60.5 Å². The quantitative estimate of drug-likeness (QED) is 0.853. The maximum Gasteiger partial charge on any atom is 0.257 e. The van der Waals surface area contributed by atoms with Crippen LogP contribution >= 0.6 is 23.2 Å². The summed E-state index contributed by atoms with van der Waals surface area (Å²) < 4.78 is 5.39. The molecule has 0 fully saturated rings. The Hall–Kier alpha value is -1.71. The number of nitrogens with one attached hydrogen (secondary N) is 1. The monoisotopic (exact) mass is 337 g/mol. The van der Waals surface area contributed by atoms with E-state index in [2.05, 4.69) is 12.2 Å². The van der Waals surface area contributed by atoms with E-state index in [1.807, 2.05) is 30.3 Å². The molecule has 0 aliphatic carbocycles. The fourth-order valence-electron chi connectivity index (χ4n) is 1.98. The van der Waals surface area contributed by atoms with Crippen molar-refractivity contribution in [3.8, 4) is 5.75 Å². The first-order valence-corrected chi connectivity index (χ1v) is 7.70. The maximum absolute atomic E-state index is 11.8. The highest BCUT2D eigenvalue weighted by Gasteiger charge is 2.08. The van der Waals surface area contributed by atoms with Crippen molar-refractivity contribution in [3.05, 3.63) is 64.1 Å². The van der Waals surface area contributed by atoms with Crippen molar-refractivity contribution in [1.82, 2.24) is 5.32 Å². The summed E-state index contributed by atoms with van der Waals surface area (Å²) in [6.07, 6.45) is 0. The molecule has 1 amide bonds. The molecular weight excluding hydrogens is 321 g/mol. The molecule has 2 rings (SSSR count). The molecule has 0 aromatic heterocycles. The van der Waals surface area contributed by atoms with Gasteiger partial charge in [0.2, 0.25) is 0 Å². The fourth-order valence-corrected chi connectivity index (χ4v) is 2.48. The molecule has 3 nitrogen and oxygen atoms in total. The zero-order chi connectivity index (χ0) is 15.9. The first kappa shape index (κ1) is 16.7. The minimum Gasteiger partial charge on any atom is -0.484 e. The Labute approximate surface area is 140 Å². The molecule has 0 spiro atoms. The molecule has 0 bridgehead atoms. The van der Waals surface area contributed by atoms with E-state index in [0.29, 0.717) is 22.3 Å². The van der Waals surface area contributed by atoms with E-state index >= 15 is 0 Å². The molecule has 116 valence electrons. The maximum atomic E-state index is 11.8. The van der Waals surface area contributed by atoms with Crippen molar-refractivity contribution in [2.45, 2.75) is 12.8 Å². The molecule has 22 heavy (non-hydrogen) atoms. The minimum atomic E-state index is -0.182. The van der Waals surface area contributed by atoms with Crippen molar-refractivity contribution in [1.29, 1.82) is 0 Å². The predicted molar refractivity (Wildman–Crippen MR) is 89.8 cm³/mol. The molecule has 0 aliphatic rings. The fraction of sp³-hybridized carbons (Fsp3) is 0.235. The summed E-state index contributed by atoms with van der Waals surface area (Å²) in [6.45, 7) is 2.55. The summed E-state index contributed by atoms with van der Waals surface area (Å²) in [4.78, 5) is 11.8. The van der Waals surface area contributed by atoms with Gasteiger partial charge < -0.3 is 10.1 Å². The van der Waals surface area contributed by atoms with Gasteiger partial charge >= 0.3 is 0 Å². The molecule has 1 atom stereocenters. The first-order valence-electron chi connectivity index (χ1n) is 6.95. The number of benzene rings is 2. The van der Waals surface area contributed by atoms with Gasteiger partial charge in [-0.2, -0.15) is 0 Å². The second-order valence-electron chi connectivity index (χ2n) is 5.01. The Kier molecular flexibility index (Phi) is 6.10. The van der Waals surface area contributed by atoms with Crippen LogP contribution in [0.5, 0.6) is 5.75 Å². The first-order chi connectivity index (χ1) is 10.5. The van der Waals surface area contributed by atoms with E-state index in [-0.39, 0.29) is 18.4 Å². The SMILES string of the molecule is C[C@H](CNC(=O)COc1cc(Cl)cc(Cl)c1)c1ccccc1. The second-order valence-corrected chi connectivity index (χ2v) is 5.88. The van der Waals surface area contributed by atoms with Crippen LogP contribution in [0.1, 0.15) is 18.4 Å². The lowest BCUT2D eigenvalue weighted by atomic mass is 10.0. The van der Waals surface area contributed by atoms with Crippen molar-refractivity contribution in [2.75, 3.05) is 13.2 Å². The van der Waals surface area contributed by atoms with Crippen LogP contribution in [0.3, 0.4) is 0 Å². The third-order valence-corrected chi connectivity index (χ3v) is 3.62. The van der Waals surface area contributed by atoms with Crippen LogP contribution in [0, 0.1) is 0 Å². The molecule has 5 heteroatoms. The van der Waals surface area contributed by atoms with Crippen molar-refractivity contribution < 1.29 is 9.53 Å². The Balaban J connectivity index is 1.78. The number of carbonyl (C=O) groups excluding carboxylic acids is 1. The van der Waals surface area contributed by atoms with Crippen LogP contribution in [0.15, 0.2) is 48.5 Å². The van der Waals surface area contributed by atoms with Gasteiger partial charge in [0.1, 0.15) is 5.75 Å². The van der Waals surface area contributed by atoms with E-state index < -0.39 is 0 Å². The number of carbonyl (C=O) groups is 1. The summed E-state index contributed by atoms with van der Waals surface area (Å²) in [7, 11) is 0. The average Bonchev–Trinajstić information content (AvgIpc) is 2.50. The molecule has 2 aromatic rings. The van der Waals surface area contributed by atoms with Crippen molar-refractivity contribution in [2.24, 2.45) is 0 Å². The van der Waals surface area contributed by atoms with Gasteiger partial charge in [0.15, 0.2) is 6.61 Å². The summed E-state index contributed by atoms with van der Waals surface area (Å²) in [5, 5.41) is 3.80. The molecular formula is C17H17Cl2NO2. The van der Waals surface area contributed by atoms with E-state index in [4.69, 9.17) is 27.9 Å². The smallest absolute Gasteiger partial charge is 0.257 e. The zero-order valence-corrected chi connectivity index (χ0v) is 13.7. The highest BCUT2D eigenvalue weighted by Crippen LogP contribution is 2.24. The second kappa shape index (κ2) is 8.06. The standard InChI is InChI=1S/C17H17Cl2NO2/c1-12(13-5-3-2-4-6-13)10-20-17(21)11-22-16-8-14(18)7-15(19)9-16/h2-9,12H,10-11H2,1H3,(H,20,21)/t12-/m1/s1. The number of hydrogen-bond acceptors (Lipinski definition) is 2. The Morgan fingerprint density at radius 2 is 1.77 bits per heavy atom. The van der Waals surface area contributed by atoms with Gasteiger partial charge in [-0.3, -0.25) is 4.79 Å². The van der Waals surface area contributed by atoms with Gasteiger partial charge in [-0.05, 0) is 29.7 Å². The van der Waals surface area contributed by atoms with Crippen LogP contribution in [-0.4, -0.2) is 19.1 Å². The number of hydrogen-bond donors (Lipinski definition) is 1. The van der Waals surface area contributed by atoms with E-state index in [9.17, 15) is 4.79 Å². The van der Waals surface area contributed by atoms with Crippen LogP contribution in [-0.2, 0) is 4.79 Å². The summed E-state index contributed by atoms with van der Waals surface area (Å²) >= 11 is 11.7. The lowest BCUT2D eigenvalue weighted by molar-refractivity contribution is -0.123. The largest absolute Gasteiger partial charge is 0.484 e. The third kappa shape index (κ3) is 5.24. The lowest BCUT2D eigenvalue weighted by Gasteiger charge is -2.13. The van der Waals surface area contributed by atoms with E-state index in [0.717, 1.165) is 0 Å². The van der Waals surface area contributed by atoms with Gasteiger partial charge in [0.05, 0.1) is 0 Å². The summed E-state index contributed by atoms with van der Waals surface area (Å²) in [5.74, 6) is 0.536. The molecule has 0 saturated carbocycles. The van der Waals surface area contributed by atoms with E-state index in [1.54, 1.807) is 18.2 Å². The Bertz CT molecular complexity index is 612. The summed E-state index contributed by atoms with van der Waals surface area (Å²) in [5.41, 5.74) is 1.19. The molecule has 1 N–H and O–H groups in total. The van der Waals surface area contributed by atoms with Gasteiger partial charge in [-0.15, -0.1) is 0 Å². The molecule has 2 aromatic carbocycles. The third-order valence-electron chi connectivity index (χ3n) is 3.18. The van der Waals surface area contributed by atoms with Gasteiger partial charge in [0, 0.05) is 16.6 Å². The van der Waals surface area contributed by atoms with Crippen LogP contribution < -0.4 is 10.1 Å². The molecule has 0 radical (unpaired) electrons. The lowest BCUT2D eigenvalue weighted by Crippen LogP contribution is -2.31. The molecule has 0 saturated heterocycles. The number of rotatable bonds is 6. The van der Waals surface area contributed by atoms with Crippen molar-refractivity contribution >= 4 is 29.1 Å². The molecule has 0 heterocycles. The number of halogens is 2.